The van der Waals surface area contributed by atoms with Crippen molar-refractivity contribution in [1.82, 2.24) is 9.21 Å². The number of carbonyl (C=O) groups is 1. The Labute approximate surface area is 187 Å². The van der Waals surface area contributed by atoms with Crippen LogP contribution in [0.1, 0.15) is 5.56 Å². The molecule has 166 valence electrons. The number of allylic oxidation sites excluding steroid dienone is 1. The molecule has 1 heterocycles. The van der Waals surface area contributed by atoms with Crippen molar-refractivity contribution in [2.75, 3.05) is 26.2 Å². The summed E-state index contributed by atoms with van der Waals surface area (Å²) in [5.74, 6) is -0.844. The number of hydrogen-bond acceptors (Lipinski definition) is 3. The van der Waals surface area contributed by atoms with E-state index in [4.69, 9.17) is 23.2 Å². The van der Waals surface area contributed by atoms with E-state index in [1.807, 2.05) is 0 Å². The van der Waals surface area contributed by atoms with Crippen LogP contribution in [0.2, 0.25) is 10.0 Å². The van der Waals surface area contributed by atoms with Gasteiger partial charge in [0.2, 0.25) is 15.9 Å². The molecular weight excluding hydrogens is 476 g/mol. The highest BCUT2D eigenvalue weighted by molar-refractivity contribution is 7.89. The zero-order valence-corrected chi connectivity index (χ0v) is 18.3. The maximum absolute atomic E-state index is 13.5. The molecule has 31 heavy (non-hydrogen) atoms. The Kier molecular flexibility index (Phi) is 7.00. The average Bonchev–Trinajstić information content (AvgIpc) is 2.71. The summed E-state index contributed by atoms with van der Waals surface area (Å²) >= 11 is 12.0. The van der Waals surface area contributed by atoms with Crippen LogP contribution in [0.4, 0.5) is 13.2 Å². The zero-order chi connectivity index (χ0) is 22.8. The molecule has 0 atom stereocenters. The predicted molar refractivity (Wildman–Crippen MR) is 112 cm³/mol. The van der Waals surface area contributed by atoms with E-state index in [0.717, 1.165) is 4.31 Å². The number of rotatable bonds is 4. The van der Waals surface area contributed by atoms with E-state index < -0.39 is 27.7 Å². The fourth-order valence-corrected chi connectivity index (χ4v) is 5.68. The Morgan fingerprint density at radius 2 is 1.45 bits per heavy atom. The first kappa shape index (κ1) is 23.6. The molecule has 0 bridgehead atoms. The van der Waals surface area contributed by atoms with Gasteiger partial charge in [-0.1, -0.05) is 59.6 Å². The van der Waals surface area contributed by atoms with Gasteiger partial charge in [-0.3, -0.25) is 4.79 Å². The third kappa shape index (κ3) is 5.23. The number of benzene rings is 2. The van der Waals surface area contributed by atoms with Gasteiger partial charge in [0.05, 0.1) is 15.6 Å². The second-order valence-electron chi connectivity index (χ2n) is 6.70. The summed E-state index contributed by atoms with van der Waals surface area (Å²) < 4.78 is 67.3. The fraction of sp³-hybridized carbons (Fsp3) is 0.250. The largest absolute Gasteiger partial charge is 0.417 e. The van der Waals surface area contributed by atoms with Crippen LogP contribution in [-0.2, 0) is 14.8 Å². The molecule has 0 spiro atoms. The molecule has 0 radical (unpaired) electrons. The van der Waals surface area contributed by atoms with Crippen LogP contribution >= 0.6 is 23.2 Å². The van der Waals surface area contributed by atoms with Crippen molar-refractivity contribution in [1.29, 1.82) is 0 Å². The molecule has 1 amide bonds. The van der Waals surface area contributed by atoms with Crippen molar-refractivity contribution in [2.24, 2.45) is 0 Å². The van der Waals surface area contributed by atoms with E-state index in [1.54, 1.807) is 6.07 Å². The second kappa shape index (κ2) is 9.20. The van der Waals surface area contributed by atoms with E-state index in [-0.39, 0.29) is 46.7 Å². The normalized spacial score (nSPS) is 16.4. The third-order valence-electron chi connectivity index (χ3n) is 4.73. The van der Waals surface area contributed by atoms with Crippen molar-refractivity contribution in [3.8, 4) is 0 Å². The number of carbonyl (C=O) groups excluding carboxylic acids is 1. The molecule has 0 N–H and O–H groups in total. The number of hydrogen-bond donors (Lipinski definition) is 0. The second-order valence-corrected chi connectivity index (χ2v) is 9.39. The van der Waals surface area contributed by atoms with Crippen LogP contribution in [0.25, 0.3) is 5.57 Å². The summed E-state index contributed by atoms with van der Waals surface area (Å²) in [6.45, 7) is -0.348. The minimum absolute atomic E-state index is 0.0355. The maximum atomic E-state index is 13.5. The Morgan fingerprint density at radius 1 is 0.903 bits per heavy atom. The monoisotopic (exact) mass is 492 g/mol. The highest BCUT2D eigenvalue weighted by Crippen LogP contribution is 2.34. The molecule has 0 unspecified atom stereocenters. The van der Waals surface area contributed by atoms with Crippen LogP contribution in [0.15, 0.2) is 59.5 Å². The molecule has 0 aliphatic carbocycles. The molecule has 1 fully saturated rings. The van der Waals surface area contributed by atoms with E-state index in [2.05, 4.69) is 0 Å². The molecule has 2 aromatic rings. The van der Waals surface area contributed by atoms with Crippen LogP contribution < -0.4 is 0 Å². The third-order valence-corrected chi connectivity index (χ3v) is 7.58. The Bertz CT molecular complexity index is 1080. The number of alkyl halides is 3. The minimum atomic E-state index is -4.72. The zero-order valence-electron chi connectivity index (χ0n) is 15.9. The first-order chi connectivity index (χ1) is 14.5. The number of amides is 1. The molecule has 3 rings (SSSR count). The van der Waals surface area contributed by atoms with Crippen LogP contribution in [-0.4, -0.2) is 55.9 Å². The summed E-state index contributed by atoms with van der Waals surface area (Å²) in [6.07, 6.45) is -4.17. The van der Waals surface area contributed by atoms with Gasteiger partial charge in [0, 0.05) is 32.3 Å². The Hall–Kier alpha value is -2.07. The summed E-state index contributed by atoms with van der Waals surface area (Å²) in [5.41, 5.74) is -1.19. The SMILES string of the molecule is O=C(/C=C(/c1ccccc1)C(F)(F)F)N1CCN(S(=O)(=O)c2c(Cl)cccc2Cl)CC1. The van der Waals surface area contributed by atoms with Gasteiger partial charge in [-0.25, -0.2) is 8.42 Å². The van der Waals surface area contributed by atoms with Crippen molar-refractivity contribution in [2.45, 2.75) is 11.1 Å². The molecular formula is C20H17Cl2F3N2O3S. The maximum Gasteiger partial charge on any atom is 0.417 e. The van der Waals surface area contributed by atoms with Gasteiger partial charge in [-0.2, -0.15) is 17.5 Å². The highest BCUT2D eigenvalue weighted by Gasteiger charge is 2.37. The average molecular weight is 493 g/mol. The summed E-state index contributed by atoms with van der Waals surface area (Å²) in [6, 6.07) is 11.3. The summed E-state index contributed by atoms with van der Waals surface area (Å²) in [7, 11) is -4.03. The molecule has 1 aliphatic heterocycles. The lowest BCUT2D eigenvalue weighted by molar-refractivity contribution is -0.127. The number of halogens is 5. The number of nitrogens with zero attached hydrogens (tertiary/aromatic N) is 2. The fourth-order valence-electron chi connectivity index (χ4n) is 3.17. The molecule has 0 aromatic heterocycles. The molecule has 5 nitrogen and oxygen atoms in total. The van der Waals surface area contributed by atoms with E-state index in [0.29, 0.717) is 6.08 Å². The van der Waals surface area contributed by atoms with Crippen LogP contribution in [0.3, 0.4) is 0 Å². The van der Waals surface area contributed by atoms with Gasteiger partial charge in [0.1, 0.15) is 4.90 Å². The molecule has 1 aliphatic rings. The smallest absolute Gasteiger partial charge is 0.337 e. The van der Waals surface area contributed by atoms with E-state index >= 15 is 0 Å². The lowest BCUT2D eigenvalue weighted by Crippen LogP contribution is -2.50. The Morgan fingerprint density at radius 3 is 1.97 bits per heavy atom. The van der Waals surface area contributed by atoms with Gasteiger partial charge in [-0.05, 0) is 17.7 Å². The van der Waals surface area contributed by atoms with Gasteiger partial charge in [0.25, 0.3) is 0 Å². The molecule has 2 aromatic carbocycles. The Balaban J connectivity index is 1.77. The van der Waals surface area contributed by atoms with Gasteiger partial charge < -0.3 is 4.90 Å². The summed E-state index contributed by atoms with van der Waals surface area (Å²) in [4.78, 5) is 13.4. The molecule has 1 saturated heterocycles. The predicted octanol–water partition coefficient (Wildman–Crippen LogP) is 4.47. The molecule has 11 heteroatoms. The van der Waals surface area contributed by atoms with Gasteiger partial charge >= 0.3 is 6.18 Å². The summed E-state index contributed by atoms with van der Waals surface area (Å²) in [5, 5.41) is -0.0711. The van der Waals surface area contributed by atoms with Crippen LogP contribution in [0, 0.1) is 0 Å². The first-order valence-electron chi connectivity index (χ1n) is 9.09. The standard InChI is InChI=1S/C20H17Cl2F3N2O3S/c21-16-7-4-8-17(22)19(16)31(29,30)27-11-9-26(10-12-27)18(28)13-15(20(23,24)25)14-5-2-1-3-6-14/h1-8,13H,9-12H2/b15-13-. The van der Waals surface area contributed by atoms with Crippen molar-refractivity contribution >= 4 is 44.7 Å². The van der Waals surface area contributed by atoms with Crippen molar-refractivity contribution in [3.05, 3.63) is 70.2 Å². The minimum Gasteiger partial charge on any atom is -0.337 e. The number of piperazine rings is 1. The quantitative estimate of drug-likeness (QED) is 0.591. The molecule has 0 saturated carbocycles. The van der Waals surface area contributed by atoms with Gasteiger partial charge in [0.15, 0.2) is 0 Å². The van der Waals surface area contributed by atoms with Crippen molar-refractivity contribution in [3.63, 3.8) is 0 Å². The lowest BCUT2D eigenvalue weighted by atomic mass is 10.0. The van der Waals surface area contributed by atoms with Crippen molar-refractivity contribution < 1.29 is 26.4 Å². The van der Waals surface area contributed by atoms with E-state index in [1.165, 1.54) is 47.4 Å². The van der Waals surface area contributed by atoms with E-state index in [9.17, 15) is 26.4 Å². The van der Waals surface area contributed by atoms with Gasteiger partial charge in [-0.15, -0.1) is 0 Å². The number of sulfonamides is 1. The topological polar surface area (TPSA) is 57.7 Å². The lowest BCUT2D eigenvalue weighted by Gasteiger charge is -2.34. The van der Waals surface area contributed by atoms with Crippen LogP contribution in [0.5, 0.6) is 0 Å². The highest BCUT2D eigenvalue weighted by atomic mass is 35.5. The first-order valence-corrected chi connectivity index (χ1v) is 11.3.